The van der Waals surface area contributed by atoms with Crippen molar-refractivity contribution in [2.24, 2.45) is 17.8 Å². The molecule has 1 aromatic rings. The van der Waals surface area contributed by atoms with Crippen LogP contribution >= 0.6 is 0 Å². The lowest BCUT2D eigenvalue weighted by atomic mass is 9.85. The SMILES string of the molecule is CC(=O)NCc1ccc2c(c1)CC(C1CCN(CCCCC3=CC=C(F)C4CC34)CC1)=CCC2. The molecule has 1 heterocycles. The summed E-state index contributed by atoms with van der Waals surface area (Å²) in [6.07, 6.45) is 16.8. The van der Waals surface area contributed by atoms with E-state index in [2.05, 4.69) is 40.6 Å². The zero-order valence-corrected chi connectivity index (χ0v) is 20.6. The number of benzene rings is 1. The van der Waals surface area contributed by atoms with Crippen LogP contribution in [0.15, 0.2) is 53.4 Å². The van der Waals surface area contributed by atoms with Crippen LogP contribution in [0.2, 0.25) is 0 Å². The number of fused-ring (bicyclic) bond motifs is 2. The van der Waals surface area contributed by atoms with Gasteiger partial charge >= 0.3 is 0 Å². The summed E-state index contributed by atoms with van der Waals surface area (Å²) in [7, 11) is 0. The molecule has 0 radical (unpaired) electrons. The first kappa shape index (κ1) is 23.5. The van der Waals surface area contributed by atoms with E-state index in [-0.39, 0.29) is 17.7 Å². The Labute approximate surface area is 204 Å². The standard InChI is InChI=1S/C30H39FN2O/c1-21(34)32-20-22-8-9-23-6-4-7-26(18-27(23)17-22)24-12-15-33(16-13-24)14-3-2-5-25-10-11-30(31)29-19-28(25)29/h7-11,17,24,28-29H,2-6,12-16,18-20H2,1H3,(H,32,34). The predicted octanol–water partition coefficient (Wildman–Crippen LogP) is 6.05. The van der Waals surface area contributed by atoms with E-state index in [9.17, 15) is 9.18 Å². The lowest BCUT2D eigenvalue weighted by Crippen LogP contribution is -2.35. The van der Waals surface area contributed by atoms with Gasteiger partial charge in [0.1, 0.15) is 5.83 Å². The first-order valence-corrected chi connectivity index (χ1v) is 13.4. The van der Waals surface area contributed by atoms with E-state index in [1.54, 1.807) is 18.6 Å². The second-order valence-corrected chi connectivity index (χ2v) is 10.8. The van der Waals surface area contributed by atoms with E-state index in [1.165, 1.54) is 67.6 Å². The molecule has 4 heteroatoms. The predicted molar refractivity (Wildman–Crippen MR) is 136 cm³/mol. The minimum Gasteiger partial charge on any atom is -0.352 e. The molecule has 2 atom stereocenters. The third kappa shape index (κ3) is 5.71. The number of carbonyl (C=O) groups is 1. The molecule has 4 aliphatic rings. The molecule has 0 aromatic heterocycles. The van der Waals surface area contributed by atoms with Gasteiger partial charge in [0.15, 0.2) is 0 Å². The summed E-state index contributed by atoms with van der Waals surface area (Å²) in [4.78, 5) is 13.9. The number of aryl methyl sites for hydroxylation is 1. The van der Waals surface area contributed by atoms with Crippen LogP contribution in [0.25, 0.3) is 0 Å². The van der Waals surface area contributed by atoms with Crippen LogP contribution in [0.4, 0.5) is 4.39 Å². The van der Waals surface area contributed by atoms with Crippen molar-refractivity contribution < 1.29 is 9.18 Å². The molecule has 1 aromatic carbocycles. The van der Waals surface area contributed by atoms with Gasteiger partial charge in [-0.25, -0.2) is 4.39 Å². The van der Waals surface area contributed by atoms with Gasteiger partial charge in [-0.3, -0.25) is 4.79 Å². The lowest BCUT2D eigenvalue weighted by Gasteiger charge is -2.33. The number of rotatable bonds is 8. The molecule has 34 heavy (non-hydrogen) atoms. The molecule has 2 fully saturated rings. The van der Waals surface area contributed by atoms with Gasteiger partial charge in [-0.1, -0.05) is 41.5 Å². The lowest BCUT2D eigenvalue weighted by molar-refractivity contribution is -0.119. The minimum atomic E-state index is 0.0254. The largest absolute Gasteiger partial charge is 0.352 e. The molecule has 5 rings (SSSR count). The summed E-state index contributed by atoms with van der Waals surface area (Å²) in [6.45, 7) is 5.81. The summed E-state index contributed by atoms with van der Waals surface area (Å²) < 4.78 is 13.6. The van der Waals surface area contributed by atoms with Gasteiger partial charge < -0.3 is 10.2 Å². The van der Waals surface area contributed by atoms with Gasteiger partial charge in [0, 0.05) is 19.4 Å². The molecular formula is C30H39FN2O. The van der Waals surface area contributed by atoms with Crippen molar-refractivity contribution in [1.29, 1.82) is 0 Å². The van der Waals surface area contributed by atoms with Crippen LogP contribution in [-0.4, -0.2) is 30.4 Å². The molecule has 182 valence electrons. The van der Waals surface area contributed by atoms with E-state index in [0.717, 1.165) is 32.1 Å². The number of halogens is 1. The maximum absolute atomic E-state index is 13.6. The second-order valence-electron chi connectivity index (χ2n) is 10.8. The van der Waals surface area contributed by atoms with Gasteiger partial charge in [0.25, 0.3) is 0 Å². The number of allylic oxidation sites excluding steroid dienone is 6. The Morgan fingerprint density at radius 1 is 1.12 bits per heavy atom. The first-order chi connectivity index (χ1) is 16.6. The first-order valence-electron chi connectivity index (χ1n) is 13.4. The zero-order chi connectivity index (χ0) is 23.5. The maximum atomic E-state index is 13.6. The third-order valence-corrected chi connectivity index (χ3v) is 8.41. The topological polar surface area (TPSA) is 32.3 Å². The number of hydrogen-bond acceptors (Lipinski definition) is 2. The Kier molecular flexibility index (Phi) is 7.34. The van der Waals surface area contributed by atoms with Crippen molar-refractivity contribution >= 4 is 5.91 Å². The summed E-state index contributed by atoms with van der Waals surface area (Å²) >= 11 is 0. The highest BCUT2D eigenvalue weighted by Crippen LogP contribution is 2.52. The number of carbonyl (C=O) groups excluding carboxylic acids is 1. The number of nitrogens with zero attached hydrogens (tertiary/aromatic N) is 1. The van der Waals surface area contributed by atoms with Gasteiger partial charge in [-0.2, -0.15) is 0 Å². The van der Waals surface area contributed by atoms with Crippen LogP contribution in [0.1, 0.15) is 68.6 Å². The average Bonchev–Trinajstić information content (AvgIpc) is 3.66. The summed E-state index contributed by atoms with van der Waals surface area (Å²) in [5.41, 5.74) is 7.26. The fourth-order valence-electron chi connectivity index (χ4n) is 6.24. The number of unbranched alkanes of at least 4 members (excludes halogenated alkanes) is 1. The summed E-state index contributed by atoms with van der Waals surface area (Å²) in [6, 6.07) is 6.75. The quantitative estimate of drug-likeness (QED) is 0.377. The van der Waals surface area contributed by atoms with Crippen molar-refractivity contribution in [3.63, 3.8) is 0 Å². The number of amides is 1. The molecule has 1 saturated carbocycles. The van der Waals surface area contributed by atoms with Crippen LogP contribution in [-0.2, 0) is 24.2 Å². The van der Waals surface area contributed by atoms with E-state index in [4.69, 9.17) is 0 Å². The fraction of sp³-hybridized carbons (Fsp3) is 0.567. The smallest absolute Gasteiger partial charge is 0.217 e. The molecule has 1 amide bonds. The molecule has 0 spiro atoms. The van der Waals surface area contributed by atoms with Crippen LogP contribution in [0.5, 0.6) is 0 Å². The molecule has 0 bridgehead atoms. The minimum absolute atomic E-state index is 0.0254. The van der Waals surface area contributed by atoms with Crippen molar-refractivity contribution in [3.8, 4) is 0 Å². The van der Waals surface area contributed by atoms with Gasteiger partial charge in [-0.15, -0.1) is 0 Å². The Morgan fingerprint density at radius 2 is 1.97 bits per heavy atom. The van der Waals surface area contributed by atoms with E-state index in [0.29, 0.717) is 18.4 Å². The Hall–Kier alpha value is -2.20. The van der Waals surface area contributed by atoms with Crippen molar-refractivity contribution in [2.75, 3.05) is 19.6 Å². The van der Waals surface area contributed by atoms with Crippen LogP contribution in [0.3, 0.4) is 0 Å². The van der Waals surface area contributed by atoms with Crippen LogP contribution in [0, 0.1) is 17.8 Å². The highest BCUT2D eigenvalue weighted by Gasteiger charge is 2.44. The molecule has 3 aliphatic carbocycles. The highest BCUT2D eigenvalue weighted by atomic mass is 19.1. The number of likely N-dealkylation sites (tertiary alicyclic amines) is 1. The molecule has 1 saturated heterocycles. The molecule has 2 unspecified atom stereocenters. The molecular weight excluding hydrogens is 423 g/mol. The monoisotopic (exact) mass is 462 g/mol. The highest BCUT2D eigenvalue weighted by molar-refractivity contribution is 5.72. The Bertz CT molecular complexity index is 999. The summed E-state index contributed by atoms with van der Waals surface area (Å²) in [5, 5.41) is 2.93. The number of piperidine rings is 1. The Balaban J connectivity index is 1.07. The third-order valence-electron chi connectivity index (χ3n) is 8.41. The van der Waals surface area contributed by atoms with Crippen molar-refractivity contribution in [3.05, 3.63) is 70.1 Å². The second kappa shape index (κ2) is 10.6. The van der Waals surface area contributed by atoms with Crippen LogP contribution < -0.4 is 5.32 Å². The van der Waals surface area contributed by atoms with Gasteiger partial charge in [0.2, 0.25) is 5.91 Å². The van der Waals surface area contributed by atoms with Crippen molar-refractivity contribution in [2.45, 2.75) is 71.3 Å². The fourth-order valence-corrected chi connectivity index (χ4v) is 6.24. The summed E-state index contributed by atoms with van der Waals surface area (Å²) in [5.74, 6) is 1.60. The van der Waals surface area contributed by atoms with Gasteiger partial charge in [0.05, 0.1) is 0 Å². The Morgan fingerprint density at radius 3 is 2.79 bits per heavy atom. The average molecular weight is 463 g/mol. The number of nitrogens with one attached hydrogen (secondary N) is 1. The van der Waals surface area contributed by atoms with Crippen molar-refractivity contribution in [1.82, 2.24) is 10.2 Å². The van der Waals surface area contributed by atoms with E-state index < -0.39 is 0 Å². The van der Waals surface area contributed by atoms with E-state index in [1.807, 2.05) is 0 Å². The zero-order valence-electron chi connectivity index (χ0n) is 20.6. The molecule has 1 aliphatic heterocycles. The number of hydrogen-bond donors (Lipinski definition) is 1. The maximum Gasteiger partial charge on any atom is 0.217 e. The van der Waals surface area contributed by atoms with E-state index >= 15 is 0 Å². The van der Waals surface area contributed by atoms with Gasteiger partial charge in [-0.05, 0) is 112 Å². The normalized spacial score (nSPS) is 24.8. The molecule has 3 nitrogen and oxygen atoms in total. The molecule has 1 N–H and O–H groups in total.